The van der Waals surface area contributed by atoms with Crippen molar-refractivity contribution < 1.29 is 8.42 Å². The SMILES string of the molecule is CCc1ccc([C@H]2[C@@H](S(=O)(=O)c3ccc(C)cc3)C2(CN)CN)cc1. The van der Waals surface area contributed by atoms with Gasteiger partial charge in [0.1, 0.15) is 0 Å². The van der Waals surface area contributed by atoms with Crippen LogP contribution in [-0.2, 0) is 16.3 Å². The Labute approximate surface area is 150 Å². The summed E-state index contributed by atoms with van der Waals surface area (Å²) in [4.78, 5) is 0.349. The first-order chi connectivity index (χ1) is 11.9. The van der Waals surface area contributed by atoms with E-state index in [1.807, 2.05) is 31.2 Å². The Morgan fingerprint density at radius 2 is 1.52 bits per heavy atom. The molecule has 3 rings (SSSR count). The third-order valence-electron chi connectivity index (χ3n) is 5.57. The summed E-state index contributed by atoms with van der Waals surface area (Å²) in [6, 6.07) is 15.2. The predicted molar refractivity (Wildman–Crippen MR) is 101 cm³/mol. The molecule has 1 aliphatic rings. The Balaban J connectivity index is 2.02. The molecule has 5 heteroatoms. The molecule has 2 aromatic carbocycles. The Morgan fingerprint density at radius 1 is 0.960 bits per heavy atom. The van der Waals surface area contributed by atoms with Crippen molar-refractivity contribution in [3.8, 4) is 0 Å². The van der Waals surface area contributed by atoms with E-state index < -0.39 is 20.5 Å². The van der Waals surface area contributed by atoms with Crippen LogP contribution in [0.3, 0.4) is 0 Å². The summed E-state index contributed by atoms with van der Waals surface area (Å²) in [7, 11) is -3.49. The number of sulfone groups is 1. The largest absolute Gasteiger partial charge is 0.330 e. The Bertz CT molecular complexity index is 838. The van der Waals surface area contributed by atoms with Gasteiger partial charge in [-0.1, -0.05) is 48.9 Å². The minimum atomic E-state index is -3.49. The van der Waals surface area contributed by atoms with Gasteiger partial charge in [0.05, 0.1) is 10.1 Å². The van der Waals surface area contributed by atoms with Gasteiger partial charge in [-0.05, 0) is 36.6 Å². The zero-order valence-corrected chi connectivity index (χ0v) is 15.6. The predicted octanol–water partition coefficient (Wildman–Crippen LogP) is 2.40. The third kappa shape index (κ3) is 2.90. The van der Waals surface area contributed by atoms with Gasteiger partial charge >= 0.3 is 0 Å². The highest BCUT2D eigenvalue weighted by Crippen LogP contribution is 2.62. The summed E-state index contributed by atoms with van der Waals surface area (Å²) in [5, 5.41) is -0.565. The van der Waals surface area contributed by atoms with Crippen molar-refractivity contribution in [2.24, 2.45) is 16.9 Å². The summed E-state index contributed by atoms with van der Waals surface area (Å²) in [5.74, 6) is -0.153. The molecule has 0 spiro atoms. The Kier molecular flexibility index (Phi) is 4.75. The lowest BCUT2D eigenvalue weighted by Gasteiger charge is -2.13. The molecule has 0 radical (unpaired) electrons. The molecule has 1 fully saturated rings. The second-order valence-corrected chi connectivity index (χ2v) is 9.06. The van der Waals surface area contributed by atoms with Crippen molar-refractivity contribution >= 4 is 9.84 Å². The first kappa shape index (κ1) is 18.1. The van der Waals surface area contributed by atoms with Gasteiger partial charge in [0.25, 0.3) is 0 Å². The highest BCUT2D eigenvalue weighted by molar-refractivity contribution is 7.92. The molecule has 0 aromatic heterocycles. The van der Waals surface area contributed by atoms with Crippen LogP contribution in [0.15, 0.2) is 53.4 Å². The van der Waals surface area contributed by atoms with Crippen molar-refractivity contribution in [3.63, 3.8) is 0 Å². The topological polar surface area (TPSA) is 86.2 Å². The zero-order valence-electron chi connectivity index (χ0n) is 14.8. The lowest BCUT2D eigenvalue weighted by molar-refractivity contribution is 0.510. The summed E-state index contributed by atoms with van der Waals surface area (Å²) in [6.45, 7) is 4.56. The normalized spacial score (nSPS) is 21.9. The van der Waals surface area contributed by atoms with Crippen LogP contribution in [0.2, 0.25) is 0 Å². The summed E-state index contributed by atoms with van der Waals surface area (Å²) in [6.07, 6.45) is 0.953. The van der Waals surface area contributed by atoms with E-state index in [0.29, 0.717) is 4.90 Å². The van der Waals surface area contributed by atoms with Crippen molar-refractivity contribution in [2.75, 3.05) is 13.1 Å². The lowest BCUT2D eigenvalue weighted by atomic mass is 9.98. The molecule has 0 aliphatic heterocycles. The molecule has 0 unspecified atom stereocenters. The second-order valence-electron chi connectivity index (χ2n) is 6.99. The molecule has 0 amide bonds. The highest BCUT2D eigenvalue weighted by Gasteiger charge is 2.69. The Hall–Kier alpha value is -1.69. The average Bonchev–Trinajstić information content (AvgIpc) is 3.33. The van der Waals surface area contributed by atoms with Gasteiger partial charge in [-0.15, -0.1) is 0 Å². The maximum atomic E-state index is 13.2. The van der Waals surface area contributed by atoms with Gasteiger partial charge in [-0.3, -0.25) is 0 Å². The molecule has 2 aromatic rings. The molecule has 134 valence electrons. The number of hydrogen-bond donors (Lipinski definition) is 2. The lowest BCUT2D eigenvalue weighted by Crippen LogP contribution is -2.31. The number of benzene rings is 2. The van der Waals surface area contributed by atoms with Gasteiger partial charge in [0.15, 0.2) is 9.84 Å². The average molecular weight is 359 g/mol. The summed E-state index contributed by atoms with van der Waals surface area (Å²) >= 11 is 0. The molecule has 1 aliphatic carbocycles. The van der Waals surface area contributed by atoms with Crippen LogP contribution in [0, 0.1) is 12.3 Å². The molecule has 4 nitrogen and oxygen atoms in total. The van der Waals surface area contributed by atoms with Crippen LogP contribution in [-0.4, -0.2) is 26.8 Å². The highest BCUT2D eigenvalue weighted by atomic mass is 32.2. The van der Waals surface area contributed by atoms with Crippen LogP contribution in [0.1, 0.15) is 29.5 Å². The molecule has 0 heterocycles. The molecule has 0 saturated heterocycles. The molecule has 25 heavy (non-hydrogen) atoms. The van der Waals surface area contributed by atoms with E-state index in [1.165, 1.54) is 5.56 Å². The fourth-order valence-corrected chi connectivity index (χ4v) is 6.33. The molecule has 2 atom stereocenters. The van der Waals surface area contributed by atoms with E-state index in [9.17, 15) is 8.42 Å². The van der Waals surface area contributed by atoms with Crippen molar-refractivity contribution in [3.05, 3.63) is 65.2 Å². The second kappa shape index (κ2) is 6.56. The standard InChI is InChI=1S/C20H26N2O2S/c1-3-15-6-8-16(9-7-15)18-19(20(18,12-21)13-22)25(23,24)17-10-4-14(2)5-11-17/h4-11,18-19H,3,12-13,21-22H2,1-2H3/t18-,19+/m0/s1. The van der Waals surface area contributed by atoms with Crippen LogP contribution in [0.5, 0.6) is 0 Å². The molecule has 0 bridgehead atoms. The number of hydrogen-bond acceptors (Lipinski definition) is 4. The molecular weight excluding hydrogens is 332 g/mol. The first-order valence-corrected chi connectivity index (χ1v) is 10.2. The van der Waals surface area contributed by atoms with Crippen molar-refractivity contribution in [1.29, 1.82) is 0 Å². The monoisotopic (exact) mass is 358 g/mol. The van der Waals surface area contributed by atoms with Crippen LogP contribution in [0.4, 0.5) is 0 Å². The van der Waals surface area contributed by atoms with Crippen molar-refractivity contribution in [1.82, 2.24) is 0 Å². The quantitative estimate of drug-likeness (QED) is 0.830. The summed E-state index contributed by atoms with van der Waals surface area (Å²) < 4.78 is 26.5. The molecule has 1 saturated carbocycles. The van der Waals surface area contributed by atoms with Gasteiger partial charge in [-0.2, -0.15) is 0 Å². The number of aryl methyl sites for hydroxylation is 2. The molecular formula is C20H26N2O2S. The summed E-state index contributed by atoms with van der Waals surface area (Å²) in [5.41, 5.74) is 14.7. The van der Waals surface area contributed by atoms with Crippen LogP contribution >= 0.6 is 0 Å². The van der Waals surface area contributed by atoms with E-state index in [4.69, 9.17) is 11.5 Å². The zero-order chi connectivity index (χ0) is 18.2. The maximum Gasteiger partial charge on any atom is 0.182 e. The number of rotatable bonds is 6. The van der Waals surface area contributed by atoms with E-state index in [0.717, 1.165) is 17.5 Å². The van der Waals surface area contributed by atoms with Crippen molar-refractivity contribution in [2.45, 2.75) is 36.3 Å². The van der Waals surface area contributed by atoms with E-state index in [2.05, 4.69) is 19.1 Å². The van der Waals surface area contributed by atoms with E-state index in [-0.39, 0.29) is 19.0 Å². The minimum absolute atomic E-state index is 0.153. The van der Waals surface area contributed by atoms with Crippen LogP contribution < -0.4 is 11.5 Å². The fraction of sp³-hybridized carbons (Fsp3) is 0.400. The minimum Gasteiger partial charge on any atom is -0.330 e. The van der Waals surface area contributed by atoms with Gasteiger partial charge in [0, 0.05) is 24.4 Å². The first-order valence-electron chi connectivity index (χ1n) is 8.70. The van der Waals surface area contributed by atoms with E-state index in [1.54, 1.807) is 12.1 Å². The Morgan fingerprint density at radius 3 is 2.00 bits per heavy atom. The smallest absolute Gasteiger partial charge is 0.182 e. The number of nitrogens with two attached hydrogens (primary N) is 2. The maximum absolute atomic E-state index is 13.2. The van der Waals surface area contributed by atoms with Gasteiger partial charge in [0.2, 0.25) is 0 Å². The fourth-order valence-electron chi connectivity index (χ4n) is 3.85. The molecule has 4 N–H and O–H groups in total. The van der Waals surface area contributed by atoms with Gasteiger partial charge < -0.3 is 11.5 Å². The van der Waals surface area contributed by atoms with E-state index >= 15 is 0 Å². The third-order valence-corrected chi connectivity index (χ3v) is 7.91. The van der Waals surface area contributed by atoms with Crippen LogP contribution in [0.25, 0.3) is 0 Å². The van der Waals surface area contributed by atoms with Gasteiger partial charge in [-0.25, -0.2) is 8.42 Å².